The van der Waals surface area contributed by atoms with Crippen molar-refractivity contribution in [2.45, 2.75) is 25.6 Å². The third-order valence-corrected chi connectivity index (χ3v) is 5.26. The molecule has 6 heteroatoms. The van der Waals surface area contributed by atoms with E-state index in [0.29, 0.717) is 11.7 Å². The van der Waals surface area contributed by atoms with E-state index < -0.39 is 0 Å². The Morgan fingerprint density at radius 2 is 1.92 bits per heavy atom. The van der Waals surface area contributed by atoms with Crippen molar-refractivity contribution < 1.29 is 9.53 Å². The van der Waals surface area contributed by atoms with Crippen molar-refractivity contribution in [1.82, 2.24) is 4.90 Å². The third-order valence-electron chi connectivity index (χ3n) is 4.20. The number of hydrogen-bond donors (Lipinski definition) is 0. The van der Waals surface area contributed by atoms with Gasteiger partial charge in [0.25, 0.3) is 0 Å². The molecule has 1 heterocycles. The van der Waals surface area contributed by atoms with Crippen LogP contribution >= 0.6 is 11.8 Å². The van der Waals surface area contributed by atoms with Crippen LogP contribution in [0.1, 0.15) is 23.6 Å². The lowest BCUT2D eigenvalue weighted by Crippen LogP contribution is -2.31. The summed E-state index contributed by atoms with van der Waals surface area (Å²) in [5.41, 5.74) is 3.10. The van der Waals surface area contributed by atoms with Gasteiger partial charge in [0.05, 0.1) is 25.1 Å². The van der Waals surface area contributed by atoms with Gasteiger partial charge in [0.1, 0.15) is 5.75 Å². The molecule has 1 saturated heterocycles. The number of amides is 1. The minimum atomic E-state index is -0.153. The molecule has 1 fully saturated rings. The Bertz CT molecular complexity index is 864. The Kier molecular flexibility index (Phi) is 5.73. The van der Waals surface area contributed by atoms with E-state index in [1.54, 1.807) is 18.2 Å². The van der Waals surface area contributed by atoms with Crippen molar-refractivity contribution in [3.63, 3.8) is 0 Å². The zero-order valence-electron chi connectivity index (χ0n) is 15.0. The van der Waals surface area contributed by atoms with Crippen LogP contribution < -0.4 is 4.74 Å². The summed E-state index contributed by atoms with van der Waals surface area (Å²) in [6.07, 6.45) is 1.64. The summed E-state index contributed by atoms with van der Waals surface area (Å²) in [4.78, 5) is 14.2. The third kappa shape index (κ3) is 3.96. The molecule has 2 aromatic carbocycles. The van der Waals surface area contributed by atoms with Crippen molar-refractivity contribution >= 4 is 29.1 Å². The first-order valence-electron chi connectivity index (χ1n) is 8.36. The first-order chi connectivity index (χ1) is 12.6. The molecule has 1 atom stereocenters. The molecule has 3 rings (SSSR count). The number of thioether (sulfide) groups is 1. The second-order valence-corrected chi connectivity index (χ2v) is 7.29. The van der Waals surface area contributed by atoms with Crippen LogP contribution in [0.4, 0.5) is 0 Å². The Labute approximate surface area is 157 Å². The maximum Gasteiger partial charge on any atom is 0.242 e. The predicted molar refractivity (Wildman–Crippen MR) is 107 cm³/mol. The van der Waals surface area contributed by atoms with Crippen LogP contribution in [-0.4, -0.2) is 34.5 Å². The number of aryl methyl sites for hydroxylation is 1. The van der Waals surface area contributed by atoms with Crippen molar-refractivity contribution in [3.8, 4) is 5.75 Å². The smallest absolute Gasteiger partial charge is 0.242 e. The molecule has 1 unspecified atom stereocenters. The molecule has 0 aromatic heterocycles. The molecule has 0 N–H and O–H groups in total. The highest BCUT2D eigenvalue weighted by atomic mass is 32.2. The molecule has 0 saturated carbocycles. The molecule has 5 nitrogen and oxygen atoms in total. The SMILES string of the molecule is COc1ccccc1/C=N/N=C1\SC(C)C(=O)N1Cc1ccccc1C. The van der Waals surface area contributed by atoms with Gasteiger partial charge in [-0.2, -0.15) is 5.10 Å². The van der Waals surface area contributed by atoms with Crippen LogP contribution in [-0.2, 0) is 11.3 Å². The Balaban J connectivity index is 1.82. The normalized spacial score (nSPS) is 18.9. The van der Waals surface area contributed by atoms with Gasteiger partial charge >= 0.3 is 0 Å². The molecular formula is C20H21N3O2S. The molecule has 0 aliphatic carbocycles. The number of benzene rings is 2. The van der Waals surface area contributed by atoms with Crippen LogP contribution in [0.2, 0.25) is 0 Å². The fraction of sp³-hybridized carbons (Fsp3) is 0.250. The molecule has 1 aliphatic rings. The fourth-order valence-corrected chi connectivity index (χ4v) is 3.60. The molecule has 26 heavy (non-hydrogen) atoms. The van der Waals surface area contributed by atoms with E-state index in [1.165, 1.54) is 11.8 Å². The average Bonchev–Trinajstić information content (AvgIpc) is 2.91. The first kappa shape index (κ1) is 18.2. The number of carbonyl (C=O) groups is 1. The molecular weight excluding hydrogens is 346 g/mol. The van der Waals surface area contributed by atoms with Crippen LogP contribution in [0.25, 0.3) is 0 Å². The van der Waals surface area contributed by atoms with Crippen molar-refractivity contribution in [2.24, 2.45) is 10.2 Å². The van der Waals surface area contributed by atoms with Gasteiger partial charge in [-0.25, -0.2) is 0 Å². The van der Waals surface area contributed by atoms with Gasteiger partial charge in [0.2, 0.25) is 5.91 Å². The Hall–Kier alpha value is -2.60. The van der Waals surface area contributed by atoms with Crippen molar-refractivity contribution in [3.05, 3.63) is 65.2 Å². The molecule has 0 spiro atoms. The molecule has 1 amide bonds. The number of amidine groups is 1. The second kappa shape index (κ2) is 8.19. The van der Waals surface area contributed by atoms with Gasteiger partial charge < -0.3 is 4.74 Å². The largest absolute Gasteiger partial charge is 0.496 e. The number of para-hydroxylation sites is 1. The highest BCUT2D eigenvalue weighted by Crippen LogP contribution is 2.29. The van der Waals surface area contributed by atoms with E-state index in [-0.39, 0.29) is 11.2 Å². The number of rotatable bonds is 5. The second-order valence-electron chi connectivity index (χ2n) is 5.98. The fourth-order valence-electron chi connectivity index (χ4n) is 2.68. The molecule has 1 aliphatic heterocycles. The zero-order valence-corrected chi connectivity index (χ0v) is 15.9. The molecule has 2 aromatic rings. The summed E-state index contributed by atoms with van der Waals surface area (Å²) >= 11 is 1.43. The quantitative estimate of drug-likeness (QED) is 0.596. The van der Waals surface area contributed by atoms with Gasteiger partial charge in [-0.1, -0.05) is 48.2 Å². The van der Waals surface area contributed by atoms with E-state index in [9.17, 15) is 4.79 Å². The van der Waals surface area contributed by atoms with Crippen LogP contribution in [0.15, 0.2) is 58.7 Å². The predicted octanol–water partition coefficient (Wildman–Crippen LogP) is 3.86. The number of nitrogens with zero attached hydrogens (tertiary/aromatic N) is 3. The van der Waals surface area contributed by atoms with Crippen LogP contribution in [0.5, 0.6) is 5.75 Å². The van der Waals surface area contributed by atoms with E-state index in [4.69, 9.17) is 4.74 Å². The lowest BCUT2D eigenvalue weighted by atomic mass is 10.1. The number of hydrogen-bond acceptors (Lipinski definition) is 5. The molecule has 134 valence electrons. The molecule has 0 radical (unpaired) electrons. The highest BCUT2D eigenvalue weighted by Gasteiger charge is 2.35. The zero-order chi connectivity index (χ0) is 18.5. The van der Waals surface area contributed by atoms with Gasteiger partial charge in [-0.05, 0) is 37.1 Å². The van der Waals surface area contributed by atoms with Crippen LogP contribution in [0, 0.1) is 6.92 Å². The number of ether oxygens (including phenoxy) is 1. The minimum absolute atomic E-state index is 0.0597. The summed E-state index contributed by atoms with van der Waals surface area (Å²) < 4.78 is 5.31. The average molecular weight is 367 g/mol. The van der Waals surface area contributed by atoms with Gasteiger partial charge in [-0.15, -0.1) is 5.10 Å². The topological polar surface area (TPSA) is 54.3 Å². The van der Waals surface area contributed by atoms with Crippen molar-refractivity contribution in [2.75, 3.05) is 7.11 Å². The number of carbonyl (C=O) groups excluding carboxylic acids is 1. The molecule has 0 bridgehead atoms. The van der Waals surface area contributed by atoms with Crippen molar-refractivity contribution in [1.29, 1.82) is 0 Å². The highest BCUT2D eigenvalue weighted by molar-refractivity contribution is 8.15. The van der Waals surface area contributed by atoms with E-state index in [2.05, 4.69) is 10.2 Å². The first-order valence-corrected chi connectivity index (χ1v) is 9.24. The standard InChI is InChI=1S/C20H21N3O2S/c1-14-8-4-5-10-17(14)13-23-19(24)15(2)26-20(23)22-21-12-16-9-6-7-11-18(16)25-3/h4-12,15H,13H2,1-3H3/b21-12+,22-20-. The van der Waals surface area contributed by atoms with Gasteiger partial charge in [0.15, 0.2) is 5.17 Å². The Morgan fingerprint density at radius 1 is 1.19 bits per heavy atom. The number of methoxy groups -OCH3 is 1. The maximum atomic E-state index is 12.5. The van der Waals surface area contributed by atoms with Crippen LogP contribution in [0.3, 0.4) is 0 Å². The van der Waals surface area contributed by atoms with E-state index in [0.717, 1.165) is 22.4 Å². The summed E-state index contributed by atoms with van der Waals surface area (Å²) in [6.45, 7) is 4.44. The van der Waals surface area contributed by atoms with E-state index in [1.807, 2.05) is 62.4 Å². The van der Waals surface area contributed by atoms with Gasteiger partial charge in [-0.3, -0.25) is 9.69 Å². The summed E-state index contributed by atoms with van der Waals surface area (Å²) in [5, 5.41) is 8.95. The maximum absolute atomic E-state index is 12.5. The Morgan fingerprint density at radius 3 is 2.69 bits per heavy atom. The summed E-state index contributed by atoms with van der Waals surface area (Å²) in [7, 11) is 1.62. The summed E-state index contributed by atoms with van der Waals surface area (Å²) in [5.74, 6) is 0.793. The lowest BCUT2D eigenvalue weighted by molar-refractivity contribution is -0.126. The van der Waals surface area contributed by atoms with Gasteiger partial charge in [0, 0.05) is 5.56 Å². The lowest BCUT2D eigenvalue weighted by Gasteiger charge is -2.16. The summed E-state index contributed by atoms with van der Waals surface area (Å²) in [6, 6.07) is 15.6. The minimum Gasteiger partial charge on any atom is -0.496 e. The van der Waals surface area contributed by atoms with E-state index >= 15 is 0 Å². The monoisotopic (exact) mass is 367 g/mol.